The van der Waals surface area contributed by atoms with Crippen LogP contribution in [0, 0.1) is 11.6 Å². The lowest BCUT2D eigenvalue weighted by Crippen LogP contribution is -2.18. The molecule has 19 heavy (non-hydrogen) atoms. The minimum absolute atomic E-state index is 0.0844. The third-order valence-electron chi connectivity index (χ3n) is 2.04. The standard InChI is InChI=1S/C11H11ClF5NO/c12-8-4-7(13)5-9(14)10(8)18-2-1-3-19-6-11(15,16)17/h4-5,18H,1-3,6H2. The van der Waals surface area contributed by atoms with Crippen molar-refractivity contribution in [2.45, 2.75) is 12.6 Å². The van der Waals surface area contributed by atoms with Crippen LogP contribution in [0.2, 0.25) is 5.02 Å². The Kier molecular flexibility index (Phi) is 5.81. The molecule has 0 fully saturated rings. The molecule has 0 amide bonds. The number of hydrogen-bond donors (Lipinski definition) is 1. The van der Waals surface area contributed by atoms with Crippen molar-refractivity contribution in [3.8, 4) is 0 Å². The molecule has 0 unspecified atom stereocenters. The number of alkyl halides is 3. The number of halogens is 6. The Morgan fingerprint density at radius 3 is 2.47 bits per heavy atom. The molecule has 0 aliphatic carbocycles. The summed E-state index contributed by atoms with van der Waals surface area (Å²) in [6, 6.07) is 1.60. The number of nitrogens with one attached hydrogen (secondary N) is 1. The van der Waals surface area contributed by atoms with Crippen LogP contribution in [0.4, 0.5) is 27.6 Å². The first-order valence-corrected chi connectivity index (χ1v) is 5.70. The topological polar surface area (TPSA) is 21.3 Å². The summed E-state index contributed by atoms with van der Waals surface area (Å²) in [5.74, 6) is -1.66. The van der Waals surface area contributed by atoms with E-state index in [1.165, 1.54) is 0 Å². The average Bonchev–Trinajstić information content (AvgIpc) is 2.24. The minimum Gasteiger partial charge on any atom is -0.381 e. The first kappa shape index (κ1) is 16.0. The van der Waals surface area contributed by atoms with Crippen LogP contribution in [0.3, 0.4) is 0 Å². The highest BCUT2D eigenvalue weighted by atomic mass is 35.5. The van der Waals surface area contributed by atoms with E-state index in [1.54, 1.807) is 0 Å². The second-order valence-electron chi connectivity index (χ2n) is 3.69. The molecule has 108 valence electrons. The van der Waals surface area contributed by atoms with E-state index < -0.39 is 24.4 Å². The quantitative estimate of drug-likeness (QED) is 0.633. The summed E-state index contributed by atoms with van der Waals surface area (Å²) in [5, 5.41) is 2.44. The van der Waals surface area contributed by atoms with Gasteiger partial charge in [-0.1, -0.05) is 11.6 Å². The number of anilines is 1. The average molecular weight is 304 g/mol. The number of hydrogen-bond acceptors (Lipinski definition) is 2. The molecule has 0 radical (unpaired) electrons. The van der Waals surface area contributed by atoms with E-state index >= 15 is 0 Å². The molecule has 2 nitrogen and oxygen atoms in total. The van der Waals surface area contributed by atoms with Gasteiger partial charge in [0.15, 0.2) is 5.82 Å². The second-order valence-corrected chi connectivity index (χ2v) is 4.10. The third-order valence-corrected chi connectivity index (χ3v) is 2.34. The number of benzene rings is 1. The summed E-state index contributed by atoms with van der Waals surface area (Å²) in [6.07, 6.45) is -4.14. The molecule has 0 saturated heterocycles. The van der Waals surface area contributed by atoms with E-state index in [9.17, 15) is 22.0 Å². The molecule has 0 bridgehead atoms. The van der Waals surface area contributed by atoms with Crippen molar-refractivity contribution in [3.05, 3.63) is 28.8 Å². The lowest BCUT2D eigenvalue weighted by molar-refractivity contribution is -0.173. The smallest absolute Gasteiger partial charge is 0.381 e. The Bertz CT molecular complexity index is 401. The van der Waals surface area contributed by atoms with Gasteiger partial charge in [-0.05, 0) is 12.5 Å². The molecule has 0 aliphatic rings. The van der Waals surface area contributed by atoms with Crippen molar-refractivity contribution in [2.75, 3.05) is 25.1 Å². The van der Waals surface area contributed by atoms with E-state index in [1.807, 2.05) is 0 Å². The molecule has 0 spiro atoms. The van der Waals surface area contributed by atoms with Crippen LogP contribution < -0.4 is 5.32 Å². The maximum Gasteiger partial charge on any atom is 0.411 e. The molecule has 1 aromatic rings. The van der Waals surface area contributed by atoms with Crippen LogP contribution >= 0.6 is 11.6 Å². The lowest BCUT2D eigenvalue weighted by Gasteiger charge is -2.10. The normalized spacial score (nSPS) is 11.7. The van der Waals surface area contributed by atoms with Crippen LogP contribution in [0.1, 0.15) is 6.42 Å². The molecule has 1 rings (SSSR count). The van der Waals surface area contributed by atoms with Gasteiger partial charge in [0.25, 0.3) is 0 Å². The highest BCUT2D eigenvalue weighted by Gasteiger charge is 2.27. The molecule has 0 heterocycles. The van der Waals surface area contributed by atoms with Gasteiger partial charge in [-0.25, -0.2) is 8.78 Å². The zero-order valence-electron chi connectivity index (χ0n) is 9.66. The van der Waals surface area contributed by atoms with Crippen molar-refractivity contribution in [2.24, 2.45) is 0 Å². The minimum atomic E-state index is -4.36. The zero-order chi connectivity index (χ0) is 14.5. The Hall–Kier alpha value is -1.08. The summed E-state index contributed by atoms with van der Waals surface area (Å²) < 4.78 is 65.6. The second kappa shape index (κ2) is 6.91. The Balaban J connectivity index is 2.30. The summed E-state index contributed by atoms with van der Waals surface area (Å²) in [4.78, 5) is 0. The van der Waals surface area contributed by atoms with Crippen LogP contribution in [0.15, 0.2) is 12.1 Å². The van der Waals surface area contributed by atoms with E-state index in [-0.39, 0.29) is 30.3 Å². The van der Waals surface area contributed by atoms with Crippen LogP contribution in [0.5, 0.6) is 0 Å². The maximum absolute atomic E-state index is 13.3. The Morgan fingerprint density at radius 2 is 1.89 bits per heavy atom. The maximum atomic E-state index is 13.3. The highest BCUT2D eigenvalue weighted by Crippen LogP contribution is 2.26. The zero-order valence-corrected chi connectivity index (χ0v) is 10.4. The molecule has 0 aliphatic heterocycles. The van der Waals surface area contributed by atoms with Gasteiger partial charge < -0.3 is 10.1 Å². The van der Waals surface area contributed by atoms with Crippen molar-refractivity contribution in [1.29, 1.82) is 0 Å². The van der Waals surface area contributed by atoms with Gasteiger partial charge in [0, 0.05) is 19.2 Å². The fraction of sp³-hybridized carbons (Fsp3) is 0.455. The highest BCUT2D eigenvalue weighted by molar-refractivity contribution is 6.33. The molecular weight excluding hydrogens is 293 g/mol. The monoisotopic (exact) mass is 303 g/mol. The summed E-state index contributed by atoms with van der Waals surface area (Å²) in [7, 11) is 0. The van der Waals surface area contributed by atoms with Gasteiger partial charge in [-0.15, -0.1) is 0 Å². The van der Waals surface area contributed by atoms with Gasteiger partial charge in [0.2, 0.25) is 0 Å². The van der Waals surface area contributed by atoms with Crippen molar-refractivity contribution in [3.63, 3.8) is 0 Å². The molecule has 8 heteroatoms. The Morgan fingerprint density at radius 1 is 1.21 bits per heavy atom. The van der Waals surface area contributed by atoms with Gasteiger partial charge in [-0.2, -0.15) is 13.2 Å². The largest absolute Gasteiger partial charge is 0.411 e. The summed E-state index contributed by atoms with van der Waals surface area (Å²) >= 11 is 5.61. The van der Waals surface area contributed by atoms with E-state index in [0.717, 1.165) is 6.07 Å². The predicted octanol–water partition coefficient (Wildman–Crippen LogP) is 4.00. The molecule has 1 N–H and O–H groups in total. The molecule has 0 atom stereocenters. The van der Waals surface area contributed by atoms with Crippen molar-refractivity contribution in [1.82, 2.24) is 0 Å². The van der Waals surface area contributed by atoms with Crippen LogP contribution in [0.25, 0.3) is 0 Å². The third kappa shape index (κ3) is 6.07. The fourth-order valence-electron chi connectivity index (χ4n) is 1.29. The van der Waals surface area contributed by atoms with Crippen LogP contribution in [-0.2, 0) is 4.74 Å². The van der Waals surface area contributed by atoms with Gasteiger partial charge in [0.1, 0.15) is 12.4 Å². The van der Waals surface area contributed by atoms with Crippen LogP contribution in [-0.4, -0.2) is 25.9 Å². The molecular formula is C11H11ClF5NO. The summed E-state index contributed by atoms with van der Waals surface area (Å²) in [5.41, 5.74) is -0.0844. The number of ether oxygens (including phenoxy) is 1. The fourth-order valence-corrected chi connectivity index (χ4v) is 1.55. The van der Waals surface area contributed by atoms with E-state index in [0.29, 0.717) is 6.07 Å². The van der Waals surface area contributed by atoms with Gasteiger partial charge in [0.05, 0.1) is 10.7 Å². The first-order chi connectivity index (χ1) is 8.79. The van der Waals surface area contributed by atoms with Gasteiger partial charge in [-0.3, -0.25) is 0 Å². The Labute approximate surface area is 111 Å². The van der Waals surface area contributed by atoms with Crippen molar-refractivity contribution >= 4 is 17.3 Å². The number of rotatable bonds is 6. The first-order valence-electron chi connectivity index (χ1n) is 5.32. The van der Waals surface area contributed by atoms with Gasteiger partial charge >= 0.3 is 6.18 Å². The predicted molar refractivity (Wildman–Crippen MR) is 61.3 cm³/mol. The summed E-state index contributed by atoms with van der Waals surface area (Å²) in [6.45, 7) is -1.30. The molecule has 1 aromatic carbocycles. The van der Waals surface area contributed by atoms with E-state index in [2.05, 4.69) is 10.1 Å². The molecule has 0 aromatic heterocycles. The van der Waals surface area contributed by atoms with E-state index in [4.69, 9.17) is 11.6 Å². The lowest BCUT2D eigenvalue weighted by atomic mass is 10.3. The SMILES string of the molecule is Fc1cc(F)c(NCCCOCC(F)(F)F)c(Cl)c1. The molecule has 0 saturated carbocycles. The van der Waals surface area contributed by atoms with Crippen molar-refractivity contribution < 1.29 is 26.7 Å².